The summed E-state index contributed by atoms with van der Waals surface area (Å²) in [5.41, 5.74) is -0.447. The summed E-state index contributed by atoms with van der Waals surface area (Å²) in [5, 5.41) is 2.82. The van der Waals surface area contributed by atoms with Gasteiger partial charge < -0.3 is 19.5 Å². The van der Waals surface area contributed by atoms with Gasteiger partial charge in [0.2, 0.25) is 0 Å². The highest BCUT2D eigenvalue weighted by Gasteiger charge is 2.32. The number of piperazine rings is 1. The maximum Gasteiger partial charge on any atom is 0.407 e. The molecule has 1 amide bonds. The molecule has 0 aromatic rings. The highest BCUT2D eigenvalue weighted by molar-refractivity contribution is 5.67. The maximum absolute atomic E-state index is 11.6. The van der Waals surface area contributed by atoms with Crippen LogP contribution in [0.1, 0.15) is 27.2 Å². The summed E-state index contributed by atoms with van der Waals surface area (Å²) in [4.78, 5) is 16.5. The molecule has 7 heteroatoms. The van der Waals surface area contributed by atoms with E-state index in [4.69, 9.17) is 14.2 Å². The van der Waals surface area contributed by atoms with Crippen molar-refractivity contribution in [3.05, 3.63) is 0 Å². The van der Waals surface area contributed by atoms with E-state index >= 15 is 0 Å². The van der Waals surface area contributed by atoms with E-state index in [-0.39, 0.29) is 12.2 Å². The molecule has 0 saturated carbocycles. The van der Waals surface area contributed by atoms with Gasteiger partial charge in [-0.1, -0.05) is 0 Å². The fourth-order valence-corrected chi connectivity index (χ4v) is 3.29. The molecule has 140 valence electrons. The molecule has 0 radical (unpaired) electrons. The number of carbonyl (C=O) groups excluding carboxylic acids is 1. The quantitative estimate of drug-likeness (QED) is 0.801. The Morgan fingerprint density at radius 3 is 2.58 bits per heavy atom. The fourth-order valence-electron chi connectivity index (χ4n) is 3.29. The van der Waals surface area contributed by atoms with Crippen molar-refractivity contribution >= 4 is 6.09 Å². The maximum atomic E-state index is 11.6. The molecule has 2 aliphatic heterocycles. The largest absolute Gasteiger partial charge is 0.444 e. The van der Waals surface area contributed by atoms with Crippen LogP contribution in [-0.2, 0) is 14.2 Å². The summed E-state index contributed by atoms with van der Waals surface area (Å²) in [5.74, 6) is 0. The van der Waals surface area contributed by atoms with Gasteiger partial charge in [0.25, 0.3) is 0 Å². The van der Waals surface area contributed by atoms with Crippen LogP contribution in [0.5, 0.6) is 0 Å². The molecule has 2 saturated heterocycles. The van der Waals surface area contributed by atoms with Gasteiger partial charge in [-0.2, -0.15) is 0 Å². The number of nitrogens with one attached hydrogen (secondary N) is 1. The molecule has 0 bridgehead atoms. The average Bonchev–Trinajstić information content (AvgIpc) is 2.54. The van der Waals surface area contributed by atoms with E-state index in [1.54, 1.807) is 7.11 Å². The first-order valence-electron chi connectivity index (χ1n) is 8.93. The molecule has 0 spiro atoms. The summed E-state index contributed by atoms with van der Waals surface area (Å²) in [6, 6.07) is 0.464. The Balaban J connectivity index is 1.65. The fraction of sp³-hybridized carbons (Fsp3) is 0.941. The Bertz CT molecular complexity index is 392. The molecule has 0 aromatic heterocycles. The molecule has 2 heterocycles. The Labute approximate surface area is 145 Å². The molecule has 24 heavy (non-hydrogen) atoms. The van der Waals surface area contributed by atoms with Gasteiger partial charge in [-0.25, -0.2) is 4.79 Å². The van der Waals surface area contributed by atoms with Crippen LogP contribution in [0.25, 0.3) is 0 Å². The molecule has 2 unspecified atom stereocenters. The first-order valence-corrected chi connectivity index (χ1v) is 8.93. The van der Waals surface area contributed by atoms with E-state index in [9.17, 15) is 4.79 Å². The first kappa shape index (κ1) is 19.4. The average molecular weight is 343 g/mol. The summed E-state index contributed by atoms with van der Waals surface area (Å²) in [6.45, 7) is 12.7. The summed E-state index contributed by atoms with van der Waals surface area (Å²) < 4.78 is 16.3. The second kappa shape index (κ2) is 8.99. The normalized spacial score (nSPS) is 27.0. The van der Waals surface area contributed by atoms with Gasteiger partial charge in [0, 0.05) is 59.0 Å². The van der Waals surface area contributed by atoms with Crippen LogP contribution in [0.2, 0.25) is 0 Å². The van der Waals surface area contributed by atoms with E-state index in [0.29, 0.717) is 19.2 Å². The molecule has 1 N–H and O–H groups in total. The number of alkyl carbamates (subject to hydrolysis) is 1. The van der Waals surface area contributed by atoms with Gasteiger partial charge in [0.1, 0.15) is 5.60 Å². The Morgan fingerprint density at radius 1 is 1.25 bits per heavy atom. The lowest BCUT2D eigenvalue weighted by molar-refractivity contribution is -0.0900. The van der Waals surface area contributed by atoms with Crippen LogP contribution < -0.4 is 5.32 Å². The van der Waals surface area contributed by atoms with Crippen LogP contribution in [0.3, 0.4) is 0 Å². The van der Waals surface area contributed by atoms with E-state index in [0.717, 1.165) is 45.8 Å². The minimum atomic E-state index is -0.447. The van der Waals surface area contributed by atoms with Crippen LogP contribution in [0.15, 0.2) is 0 Å². The SMILES string of the molecule is COC1COCCC1N1CCN(CCNC(=O)OC(C)(C)C)CC1. The second-order valence-corrected chi connectivity index (χ2v) is 7.51. The van der Waals surface area contributed by atoms with Crippen molar-refractivity contribution in [2.75, 3.05) is 59.6 Å². The van der Waals surface area contributed by atoms with Crippen molar-refractivity contribution in [2.45, 2.75) is 44.9 Å². The topological polar surface area (TPSA) is 63.3 Å². The van der Waals surface area contributed by atoms with E-state index in [1.807, 2.05) is 20.8 Å². The van der Waals surface area contributed by atoms with Crippen molar-refractivity contribution < 1.29 is 19.0 Å². The van der Waals surface area contributed by atoms with Gasteiger partial charge in [-0.3, -0.25) is 9.80 Å². The number of hydrogen-bond acceptors (Lipinski definition) is 6. The molecule has 0 aromatic carbocycles. The third kappa shape index (κ3) is 6.20. The van der Waals surface area contributed by atoms with Crippen LogP contribution in [0.4, 0.5) is 4.79 Å². The predicted octanol–water partition coefficient (Wildman–Crippen LogP) is 0.933. The van der Waals surface area contributed by atoms with Crippen molar-refractivity contribution in [1.82, 2.24) is 15.1 Å². The minimum Gasteiger partial charge on any atom is -0.444 e. The van der Waals surface area contributed by atoms with Gasteiger partial charge in [-0.05, 0) is 27.2 Å². The van der Waals surface area contributed by atoms with Gasteiger partial charge in [-0.15, -0.1) is 0 Å². The van der Waals surface area contributed by atoms with Crippen LogP contribution in [0, 0.1) is 0 Å². The monoisotopic (exact) mass is 343 g/mol. The number of hydrogen-bond donors (Lipinski definition) is 1. The van der Waals surface area contributed by atoms with Crippen molar-refractivity contribution in [2.24, 2.45) is 0 Å². The molecular weight excluding hydrogens is 310 g/mol. The smallest absolute Gasteiger partial charge is 0.407 e. The van der Waals surface area contributed by atoms with Crippen molar-refractivity contribution in [3.63, 3.8) is 0 Å². The Morgan fingerprint density at radius 2 is 1.96 bits per heavy atom. The summed E-state index contributed by atoms with van der Waals surface area (Å²) >= 11 is 0. The van der Waals surface area contributed by atoms with E-state index in [2.05, 4.69) is 15.1 Å². The van der Waals surface area contributed by atoms with Crippen LogP contribution >= 0.6 is 0 Å². The van der Waals surface area contributed by atoms with Gasteiger partial charge in [0.15, 0.2) is 0 Å². The molecule has 2 rings (SSSR count). The van der Waals surface area contributed by atoms with Crippen molar-refractivity contribution in [3.8, 4) is 0 Å². The number of methoxy groups -OCH3 is 1. The van der Waals surface area contributed by atoms with E-state index < -0.39 is 5.60 Å². The summed E-state index contributed by atoms with van der Waals surface area (Å²) in [6.07, 6.45) is 0.879. The lowest BCUT2D eigenvalue weighted by Crippen LogP contribution is -2.57. The van der Waals surface area contributed by atoms with Crippen LogP contribution in [-0.4, -0.2) is 93.2 Å². The van der Waals surface area contributed by atoms with E-state index in [1.165, 1.54) is 0 Å². The lowest BCUT2D eigenvalue weighted by atomic mass is 10.0. The number of nitrogens with zero attached hydrogens (tertiary/aromatic N) is 2. The number of rotatable bonds is 5. The first-order chi connectivity index (χ1) is 11.4. The number of carbonyl (C=O) groups is 1. The zero-order valence-corrected chi connectivity index (χ0v) is 15.5. The zero-order valence-electron chi connectivity index (χ0n) is 15.5. The van der Waals surface area contributed by atoms with Gasteiger partial charge in [0.05, 0.1) is 12.7 Å². The molecule has 2 aliphatic rings. The third-order valence-electron chi connectivity index (χ3n) is 4.54. The standard InChI is InChI=1S/C17H33N3O4/c1-17(2,3)24-16(21)18-6-7-19-8-10-20(11-9-19)14-5-12-23-13-15(14)22-4/h14-15H,5-13H2,1-4H3,(H,18,21). The second-order valence-electron chi connectivity index (χ2n) is 7.51. The highest BCUT2D eigenvalue weighted by Crippen LogP contribution is 2.19. The molecular formula is C17H33N3O4. The molecule has 2 fully saturated rings. The lowest BCUT2D eigenvalue weighted by Gasteiger charge is -2.43. The molecule has 0 aliphatic carbocycles. The highest BCUT2D eigenvalue weighted by atomic mass is 16.6. The Hall–Kier alpha value is -0.890. The summed E-state index contributed by atoms with van der Waals surface area (Å²) in [7, 11) is 1.77. The predicted molar refractivity (Wildman–Crippen MR) is 92.3 cm³/mol. The number of amides is 1. The zero-order chi connectivity index (χ0) is 17.6. The molecule has 2 atom stereocenters. The third-order valence-corrected chi connectivity index (χ3v) is 4.54. The number of ether oxygens (including phenoxy) is 3. The Kier molecular flexibility index (Phi) is 7.28. The van der Waals surface area contributed by atoms with Gasteiger partial charge >= 0.3 is 6.09 Å². The minimum absolute atomic E-state index is 0.180. The van der Waals surface area contributed by atoms with Crippen molar-refractivity contribution in [1.29, 1.82) is 0 Å². The molecule has 7 nitrogen and oxygen atoms in total.